The maximum Gasteiger partial charge on any atom is 0.274 e. The second-order valence-electron chi connectivity index (χ2n) is 6.31. The van der Waals surface area contributed by atoms with Crippen LogP contribution in [0.1, 0.15) is 5.56 Å². The average Bonchev–Trinajstić information content (AvgIpc) is 2.80. The Kier molecular flexibility index (Phi) is 5.54. The van der Waals surface area contributed by atoms with Crippen LogP contribution in [0.15, 0.2) is 94.9 Å². The van der Waals surface area contributed by atoms with Crippen LogP contribution in [0.5, 0.6) is 0 Å². The minimum Gasteiger partial charge on any atom is -0.286 e. The number of thioether (sulfide) groups is 1. The first-order valence-electron chi connectivity index (χ1n) is 9.00. The number of nitriles is 2. The highest BCUT2D eigenvalue weighted by Gasteiger charge is 2.46. The summed E-state index contributed by atoms with van der Waals surface area (Å²) < 4.78 is 0. The van der Waals surface area contributed by atoms with Crippen molar-refractivity contribution in [2.75, 3.05) is 4.90 Å². The Morgan fingerprint density at radius 1 is 0.867 bits per heavy atom. The molecule has 5 nitrogen and oxygen atoms in total. The maximum atomic E-state index is 10.1. The van der Waals surface area contributed by atoms with Crippen molar-refractivity contribution in [2.24, 2.45) is 9.98 Å². The van der Waals surface area contributed by atoms with E-state index < -0.39 is 4.87 Å². The van der Waals surface area contributed by atoms with Gasteiger partial charge in [0, 0.05) is 16.3 Å². The van der Waals surface area contributed by atoms with E-state index >= 15 is 0 Å². The number of hydrogen-bond acceptors (Lipinski definition) is 5. The van der Waals surface area contributed by atoms with E-state index in [1.807, 2.05) is 60.7 Å². The first kappa shape index (κ1) is 19.7. The zero-order chi connectivity index (χ0) is 21.0. The largest absolute Gasteiger partial charge is 0.286 e. The molecule has 0 unspecified atom stereocenters. The molecule has 144 valence electrons. The van der Waals surface area contributed by atoms with Crippen LogP contribution in [-0.2, 0) is 0 Å². The molecule has 0 saturated carbocycles. The molecular formula is C23H14ClN5S. The Morgan fingerprint density at radius 3 is 2.07 bits per heavy atom. The molecule has 1 aliphatic rings. The number of halogens is 1. The molecule has 0 fully saturated rings. The molecule has 0 aliphatic carbocycles. The van der Waals surface area contributed by atoms with Gasteiger partial charge in [0.25, 0.3) is 4.87 Å². The number of rotatable bonds is 3. The van der Waals surface area contributed by atoms with E-state index in [9.17, 15) is 10.5 Å². The molecule has 3 aromatic rings. The average molecular weight is 428 g/mol. The summed E-state index contributed by atoms with van der Waals surface area (Å²) in [7, 11) is 0. The molecule has 0 bridgehead atoms. The van der Waals surface area contributed by atoms with E-state index in [1.54, 1.807) is 29.2 Å². The lowest BCUT2D eigenvalue weighted by Crippen LogP contribution is -2.52. The minimum atomic E-state index is -1.59. The van der Waals surface area contributed by atoms with Gasteiger partial charge in [0.2, 0.25) is 0 Å². The van der Waals surface area contributed by atoms with Crippen molar-refractivity contribution in [1.82, 2.24) is 0 Å². The summed E-state index contributed by atoms with van der Waals surface area (Å²) in [5.41, 5.74) is 2.10. The Bertz CT molecular complexity index is 1180. The van der Waals surface area contributed by atoms with Gasteiger partial charge in [0.1, 0.15) is 18.0 Å². The number of nitrogens with zero attached hydrogens (tertiary/aromatic N) is 5. The van der Waals surface area contributed by atoms with Gasteiger partial charge in [-0.15, -0.1) is 0 Å². The summed E-state index contributed by atoms with van der Waals surface area (Å²) in [5.74, 6) is 0.467. The van der Waals surface area contributed by atoms with E-state index in [4.69, 9.17) is 16.6 Å². The molecule has 0 spiro atoms. The van der Waals surface area contributed by atoms with Gasteiger partial charge in [-0.2, -0.15) is 10.5 Å². The van der Waals surface area contributed by atoms with Gasteiger partial charge in [0.05, 0.1) is 5.69 Å². The SMILES string of the molecule is N#CC1(C#N)SC(=Nc2ccccc2)N=C(c2ccccc2)N1c1ccc(Cl)cc1. The fraction of sp³-hybridized carbons (Fsp3) is 0.0435. The number of anilines is 1. The van der Waals surface area contributed by atoms with Crippen LogP contribution in [0, 0.1) is 22.7 Å². The van der Waals surface area contributed by atoms with E-state index in [1.165, 1.54) is 0 Å². The number of aliphatic imine (C=N–C) groups is 2. The third-order valence-electron chi connectivity index (χ3n) is 4.37. The molecular weight excluding hydrogens is 414 g/mol. The quantitative estimate of drug-likeness (QED) is 0.531. The van der Waals surface area contributed by atoms with Crippen molar-refractivity contribution < 1.29 is 0 Å². The molecule has 0 N–H and O–H groups in total. The zero-order valence-corrected chi connectivity index (χ0v) is 17.2. The van der Waals surface area contributed by atoms with Gasteiger partial charge in [-0.3, -0.25) is 4.90 Å². The molecule has 0 radical (unpaired) electrons. The molecule has 7 heteroatoms. The minimum absolute atomic E-state index is 0.341. The Morgan fingerprint density at radius 2 is 1.47 bits per heavy atom. The molecule has 0 atom stereocenters. The highest BCUT2D eigenvalue weighted by atomic mass is 35.5. The van der Waals surface area contributed by atoms with E-state index in [0.717, 1.165) is 17.3 Å². The maximum absolute atomic E-state index is 10.1. The van der Waals surface area contributed by atoms with Gasteiger partial charge < -0.3 is 0 Å². The fourth-order valence-electron chi connectivity index (χ4n) is 3.00. The molecule has 1 heterocycles. The summed E-state index contributed by atoms with van der Waals surface area (Å²) in [6.45, 7) is 0. The first-order chi connectivity index (χ1) is 14.6. The van der Waals surface area contributed by atoms with Crippen molar-refractivity contribution >= 4 is 45.7 Å². The van der Waals surface area contributed by atoms with Gasteiger partial charge >= 0.3 is 0 Å². The molecule has 0 amide bonds. The number of benzene rings is 3. The number of hydrogen-bond donors (Lipinski definition) is 0. The molecule has 0 saturated heterocycles. The lowest BCUT2D eigenvalue weighted by Gasteiger charge is -2.38. The van der Waals surface area contributed by atoms with E-state index in [-0.39, 0.29) is 0 Å². The lowest BCUT2D eigenvalue weighted by molar-refractivity contribution is 0.926. The van der Waals surface area contributed by atoms with Crippen molar-refractivity contribution in [2.45, 2.75) is 4.87 Å². The summed E-state index contributed by atoms with van der Waals surface area (Å²) in [6, 6.07) is 30.1. The van der Waals surface area contributed by atoms with Crippen LogP contribution in [0.4, 0.5) is 11.4 Å². The molecule has 3 aromatic carbocycles. The van der Waals surface area contributed by atoms with Gasteiger partial charge in [-0.1, -0.05) is 60.1 Å². The topological polar surface area (TPSA) is 75.5 Å². The predicted molar refractivity (Wildman–Crippen MR) is 122 cm³/mol. The molecule has 4 rings (SSSR count). The Balaban J connectivity index is 1.95. The number of para-hydroxylation sites is 1. The van der Waals surface area contributed by atoms with Crippen molar-refractivity contribution in [3.63, 3.8) is 0 Å². The standard InChI is InChI=1S/C23H14ClN5S/c24-18-11-13-20(14-12-18)29-21(17-7-3-1-4-8-17)28-22(30-23(29,15-25)16-26)27-19-9-5-2-6-10-19/h1-14H. The first-order valence-corrected chi connectivity index (χ1v) is 10.2. The van der Waals surface area contributed by atoms with Crippen LogP contribution in [0.25, 0.3) is 0 Å². The normalized spacial score (nSPS) is 16.4. The van der Waals surface area contributed by atoms with Crippen LogP contribution in [0.2, 0.25) is 5.02 Å². The van der Waals surface area contributed by atoms with E-state index in [0.29, 0.717) is 27.4 Å². The van der Waals surface area contributed by atoms with Crippen LogP contribution < -0.4 is 4.90 Å². The summed E-state index contributed by atoms with van der Waals surface area (Å²) in [5, 5.41) is 21.1. The third kappa shape index (κ3) is 3.79. The summed E-state index contributed by atoms with van der Waals surface area (Å²) in [6.07, 6.45) is 0. The summed E-state index contributed by atoms with van der Waals surface area (Å²) in [4.78, 5) is 9.35. The smallest absolute Gasteiger partial charge is 0.274 e. The predicted octanol–water partition coefficient (Wildman–Crippen LogP) is 5.77. The van der Waals surface area contributed by atoms with Crippen LogP contribution >= 0.6 is 23.4 Å². The highest BCUT2D eigenvalue weighted by molar-refractivity contribution is 8.15. The second-order valence-corrected chi connectivity index (χ2v) is 7.91. The van der Waals surface area contributed by atoms with E-state index in [2.05, 4.69) is 17.1 Å². The Labute approximate surface area is 183 Å². The van der Waals surface area contributed by atoms with Crippen molar-refractivity contribution in [3.8, 4) is 12.1 Å². The van der Waals surface area contributed by atoms with Crippen LogP contribution in [-0.4, -0.2) is 15.9 Å². The lowest BCUT2D eigenvalue weighted by atomic mass is 10.1. The zero-order valence-electron chi connectivity index (χ0n) is 15.6. The van der Waals surface area contributed by atoms with Gasteiger partial charge in [0.15, 0.2) is 5.17 Å². The molecule has 0 aromatic heterocycles. The fourth-order valence-corrected chi connectivity index (χ4v) is 4.04. The van der Waals surface area contributed by atoms with Crippen molar-refractivity contribution in [1.29, 1.82) is 10.5 Å². The highest BCUT2D eigenvalue weighted by Crippen LogP contribution is 2.40. The third-order valence-corrected chi connectivity index (χ3v) is 5.65. The van der Waals surface area contributed by atoms with Gasteiger partial charge in [-0.05, 0) is 48.2 Å². The summed E-state index contributed by atoms with van der Waals surface area (Å²) >= 11 is 7.07. The molecule has 1 aliphatic heterocycles. The van der Waals surface area contributed by atoms with Crippen molar-refractivity contribution in [3.05, 3.63) is 95.5 Å². The second kappa shape index (κ2) is 8.42. The monoisotopic (exact) mass is 427 g/mol. The Hall–Kier alpha value is -3.58. The molecule has 30 heavy (non-hydrogen) atoms. The number of amidine groups is 2. The van der Waals surface area contributed by atoms with Gasteiger partial charge in [-0.25, -0.2) is 9.98 Å². The van der Waals surface area contributed by atoms with Crippen LogP contribution in [0.3, 0.4) is 0 Å².